The molecule has 0 amide bonds. The highest BCUT2D eigenvalue weighted by Crippen LogP contribution is 2.21. The van der Waals surface area contributed by atoms with Crippen molar-refractivity contribution in [1.82, 2.24) is 4.98 Å². The van der Waals surface area contributed by atoms with Crippen LogP contribution in [-0.2, 0) is 0 Å². The minimum Gasteiger partial charge on any atom is -0.478 e. The molecule has 3 N–H and O–H groups in total. The lowest BCUT2D eigenvalue weighted by Crippen LogP contribution is -2.41. The number of carboxylic acid groups (broad SMARTS) is 1. The normalized spacial score (nSPS) is 11.3. The maximum atomic E-state index is 10.9. The van der Waals surface area contributed by atoms with Gasteiger partial charge in [-0.1, -0.05) is 13.8 Å². The summed E-state index contributed by atoms with van der Waals surface area (Å²) >= 11 is 0. The zero-order chi connectivity index (χ0) is 13.8. The number of anilines is 1. The van der Waals surface area contributed by atoms with E-state index in [0.717, 1.165) is 12.8 Å². The van der Waals surface area contributed by atoms with E-state index < -0.39 is 11.5 Å². The first-order valence-corrected chi connectivity index (χ1v) is 6.08. The summed E-state index contributed by atoms with van der Waals surface area (Å²) in [6.45, 7) is 5.66. The smallest absolute Gasteiger partial charge is 0.337 e. The number of hydrogen-bond acceptors (Lipinski definition) is 4. The molecule has 5 heteroatoms. The van der Waals surface area contributed by atoms with Gasteiger partial charge in [0.2, 0.25) is 0 Å². The summed E-state index contributed by atoms with van der Waals surface area (Å²) in [5, 5.41) is 21.6. The van der Waals surface area contributed by atoms with Gasteiger partial charge in [-0.15, -0.1) is 0 Å². The van der Waals surface area contributed by atoms with Gasteiger partial charge in [0.05, 0.1) is 23.4 Å². The third-order valence-corrected chi connectivity index (χ3v) is 3.37. The van der Waals surface area contributed by atoms with Crippen LogP contribution < -0.4 is 5.32 Å². The second-order valence-corrected chi connectivity index (χ2v) is 4.41. The first kappa shape index (κ1) is 14.4. The van der Waals surface area contributed by atoms with Crippen molar-refractivity contribution in [3.8, 4) is 0 Å². The number of aliphatic hydroxyl groups is 1. The summed E-state index contributed by atoms with van der Waals surface area (Å²) < 4.78 is 0. The van der Waals surface area contributed by atoms with Crippen molar-refractivity contribution in [2.75, 3.05) is 11.9 Å². The molecule has 1 rings (SSSR count). The van der Waals surface area contributed by atoms with E-state index in [1.165, 1.54) is 6.07 Å². The molecular formula is C13H20N2O3. The molecule has 0 radical (unpaired) electrons. The summed E-state index contributed by atoms with van der Waals surface area (Å²) in [7, 11) is 0. The van der Waals surface area contributed by atoms with Gasteiger partial charge in [0.1, 0.15) is 5.82 Å². The Balaban J connectivity index is 2.98. The van der Waals surface area contributed by atoms with E-state index in [1.807, 2.05) is 13.8 Å². The molecule has 0 unspecified atom stereocenters. The van der Waals surface area contributed by atoms with E-state index in [1.54, 1.807) is 13.0 Å². The third kappa shape index (κ3) is 2.98. The summed E-state index contributed by atoms with van der Waals surface area (Å²) in [6.07, 6.45) is 1.53. The Bertz CT molecular complexity index is 420. The van der Waals surface area contributed by atoms with Crippen molar-refractivity contribution in [3.63, 3.8) is 0 Å². The number of hydrogen-bond donors (Lipinski definition) is 3. The maximum absolute atomic E-state index is 10.9. The summed E-state index contributed by atoms with van der Waals surface area (Å²) in [5.41, 5.74) is 0.263. The fourth-order valence-corrected chi connectivity index (χ4v) is 1.82. The molecule has 0 fully saturated rings. The van der Waals surface area contributed by atoms with Crippen molar-refractivity contribution in [1.29, 1.82) is 0 Å². The monoisotopic (exact) mass is 252 g/mol. The van der Waals surface area contributed by atoms with Crippen LogP contribution in [0, 0.1) is 6.92 Å². The highest BCUT2D eigenvalue weighted by Gasteiger charge is 2.25. The zero-order valence-electron chi connectivity index (χ0n) is 11.0. The Morgan fingerprint density at radius 2 is 2.00 bits per heavy atom. The number of aromatic nitrogens is 1. The average molecular weight is 252 g/mol. The van der Waals surface area contributed by atoms with Crippen LogP contribution >= 0.6 is 0 Å². The van der Waals surface area contributed by atoms with Gasteiger partial charge in [-0.05, 0) is 31.9 Å². The summed E-state index contributed by atoms with van der Waals surface area (Å²) in [6, 6.07) is 3.16. The van der Waals surface area contributed by atoms with Crippen molar-refractivity contribution in [2.24, 2.45) is 0 Å². The van der Waals surface area contributed by atoms with Crippen LogP contribution in [0.15, 0.2) is 12.1 Å². The predicted octanol–water partition coefficient (Wildman–Crippen LogP) is 2.05. The van der Waals surface area contributed by atoms with Gasteiger partial charge in [-0.25, -0.2) is 9.78 Å². The summed E-state index contributed by atoms with van der Waals surface area (Å²) in [5.74, 6) is -0.388. The van der Waals surface area contributed by atoms with Crippen LogP contribution in [0.3, 0.4) is 0 Å². The SMILES string of the molecule is CCC(CC)(CO)Nc1ccc(C(=O)O)c(C)n1. The van der Waals surface area contributed by atoms with Gasteiger partial charge in [0.15, 0.2) is 0 Å². The van der Waals surface area contributed by atoms with Crippen LogP contribution in [-0.4, -0.2) is 33.3 Å². The first-order chi connectivity index (χ1) is 8.48. The van der Waals surface area contributed by atoms with E-state index in [-0.39, 0.29) is 12.2 Å². The molecule has 0 aliphatic rings. The molecule has 0 saturated heterocycles. The molecule has 1 aromatic heterocycles. The molecule has 18 heavy (non-hydrogen) atoms. The van der Waals surface area contributed by atoms with Gasteiger partial charge < -0.3 is 15.5 Å². The fourth-order valence-electron chi connectivity index (χ4n) is 1.82. The topological polar surface area (TPSA) is 82.5 Å². The van der Waals surface area contributed by atoms with E-state index in [2.05, 4.69) is 10.3 Å². The Morgan fingerprint density at radius 3 is 2.39 bits per heavy atom. The number of aliphatic hydroxyl groups excluding tert-OH is 1. The lowest BCUT2D eigenvalue weighted by atomic mass is 9.94. The minimum atomic E-state index is -0.981. The van der Waals surface area contributed by atoms with Crippen LogP contribution in [0.4, 0.5) is 5.82 Å². The Kier molecular flexibility index (Phi) is 4.67. The van der Waals surface area contributed by atoms with Crippen molar-refractivity contribution < 1.29 is 15.0 Å². The molecule has 1 aromatic rings. The number of nitrogens with zero attached hydrogens (tertiary/aromatic N) is 1. The van der Waals surface area contributed by atoms with Crippen LogP contribution in [0.2, 0.25) is 0 Å². The number of pyridine rings is 1. The summed E-state index contributed by atoms with van der Waals surface area (Å²) in [4.78, 5) is 15.1. The maximum Gasteiger partial charge on any atom is 0.337 e. The largest absolute Gasteiger partial charge is 0.478 e. The van der Waals surface area contributed by atoms with Crippen molar-refractivity contribution >= 4 is 11.8 Å². The molecule has 0 spiro atoms. The van der Waals surface area contributed by atoms with Crippen molar-refractivity contribution in [2.45, 2.75) is 39.2 Å². The van der Waals surface area contributed by atoms with Gasteiger partial charge in [-0.3, -0.25) is 0 Å². The number of aromatic carboxylic acids is 1. The number of rotatable bonds is 6. The quantitative estimate of drug-likeness (QED) is 0.721. The van der Waals surface area contributed by atoms with E-state index in [9.17, 15) is 9.90 Å². The minimum absolute atomic E-state index is 0.0153. The van der Waals surface area contributed by atoms with Gasteiger partial charge >= 0.3 is 5.97 Å². The Labute approximate surface area is 107 Å². The Hall–Kier alpha value is -1.62. The Morgan fingerprint density at radius 1 is 1.39 bits per heavy atom. The fraction of sp³-hybridized carbons (Fsp3) is 0.538. The lowest BCUT2D eigenvalue weighted by molar-refractivity contribution is 0.0695. The number of nitrogens with one attached hydrogen (secondary N) is 1. The highest BCUT2D eigenvalue weighted by atomic mass is 16.4. The molecule has 0 bridgehead atoms. The molecule has 1 heterocycles. The van der Waals surface area contributed by atoms with Crippen LogP contribution in [0.25, 0.3) is 0 Å². The third-order valence-electron chi connectivity index (χ3n) is 3.37. The highest BCUT2D eigenvalue weighted by molar-refractivity contribution is 5.89. The second-order valence-electron chi connectivity index (χ2n) is 4.41. The first-order valence-electron chi connectivity index (χ1n) is 6.08. The van der Waals surface area contributed by atoms with E-state index in [0.29, 0.717) is 11.5 Å². The molecule has 0 saturated carbocycles. The van der Waals surface area contributed by atoms with Crippen molar-refractivity contribution in [3.05, 3.63) is 23.4 Å². The van der Waals surface area contributed by atoms with Gasteiger partial charge in [-0.2, -0.15) is 0 Å². The second kappa shape index (κ2) is 5.82. The van der Waals surface area contributed by atoms with Crippen LogP contribution in [0.5, 0.6) is 0 Å². The predicted molar refractivity (Wildman–Crippen MR) is 70.0 cm³/mol. The standard InChI is InChI=1S/C13H20N2O3/c1-4-13(5-2,8-16)15-11-7-6-10(12(17)18)9(3)14-11/h6-7,16H,4-5,8H2,1-3H3,(H,14,15)(H,17,18). The van der Waals surface area contributed by atoms with Gasteiger partial charge in [0, 0.05) is 0 Å². The van der Waals surface area contributed by atoms with Crippen LogP contribution in [0.1, 0.15) is 42.7 Å². The molecule has 0 aromatic carbocycles. The molecule has 0 aliphatic heterocycles. The molecule has 5 nitrogen and oxygen atoms in total. The zero-order valence-corrected chi connectivity index (χ0v) is 11.0. The van der Waals surface area contributed by atoms with E-state index in [4.69, 9.17) is 5.11 Å². The van der Waals surface area contributed by atoms with E-state index >= 15 is 0 Å². The van der Waals surface area contributed by atoms with Gasteiger partial charge in [0.25, 0.3) is 0 Å². The molecule has 0 atom stereocenters. The number of aryl methyl sites for hydroxylation is 1. The molecule has 100 valence electrons. The average Bonchev–Trinajstić information content (AvgIpc) is 2.36. The lowest BCUT2D eigenvalue weighted by Gasteiger charge is -2.31. The molecule has 0 aliphatic carbocycles. The number of carbonyl (C=O) groups is 1. The molecular weight excluding hydrogens is 232 g/mol. The number of carboxylic acids is 1.